The highest BCUT2D eigenvalue weighted by Gasteiger charge is 2.38. The van der Waals surface area contributed by atoms with Gasteiger partial charge in [-0.2, -0.15) is 0 Å². The molecule has 1 aromatic rings. The molecular formula is C14H22N2O2. The van der Waals surface area contributed by atoms with E-state index in [-0.39, 0.29) is 11.9 Å². The van der Waals surface area contributed by atoms with Gasteiger partial charge >= 0.3 is 0 Å². The zero-order valence-corrected chi connectivity index (χ0v) is 11.3. The molecule has 100 valence electrons. The van der Waals surface area contributed by atoms with Gasteiger partial charge in [-0.15, -0.1) is 0 Å². The molecule has 1 rings (SSSR count). The highest BCUT2D eigenvalue weighted by atomic mass is 16.5. The van der Waals surface area contributed by atoms with Crippen molar-refractivity contribution in [3.63, 3.8) is 0 Å². The molecule has 0 aliphatic carbocycles. The van der Waals surface area contributed by atoms with E-state index in [4.69, 9.17) is 10.5 Å². The first-order valence-electron chi connectivity index (χ1n) is 6.15. The first-order valence-corrected chi connectivity index (χ1v) is 6.15. The van der Waals surface area contributed by atoms with Gasteiger partial charge in [0, 0.05) is 26.2 Å². The van der Waals surface area contributed by atoms with Gasteiger partial charge in [0.15, 0.2) is 0 Å². The number of amides is 1. The standard InChI is InChI=1S/C14H22N2O2/c1-11(2)16-14(13(15)17,9-10-18-3)12-7-5-4-6-8-12/h4-8,11,16H,9-10H2,1-3H3,(H2,15,17). The van der Waals surface area contributed by atoms with Gasteiger partial charge in [0.05, 0.1) is 0 Å². The monoisotopic (exact) mass is 250 g/mol. The van der Waals surface area contributed by atoms with E-state index in [1.807, 2.05) is 44.2 Å². The zero-order chi connectivity index (χ0) is 13.6. The predicted octanol–water partition coefficient (Wildman–Crippen LogP) is 1.40. The molecule has 0 spiro atoms. The number of hydrogen-bond acceptors (Lipinski definition) is 3. The second-order valence-electron chi connectivity index (χ2n) is 4.68. The summed E-state index contributed by atoms with van der Waals surface area (Å²) in [4.78, 5) is 12.0. The van der Waals surface area contributed by atoms with Gasteiger partial charge in [-0.05, 0) is 19.4 Å². The summed E-state index contributed by atoms with van der Waals surface area (Å²) in [5, 5.41) is 3.29. The number of ether oxygens (including phenoxy) is 1. The number of methoxy groups -OCH3 is 1. The van der Waals surface area contributed by atoms with Gasteiger partial charge in [-0.3, -0.25) is 10.1 Å². The lowest BCUT2D eigenvalue weighted by Gasteiger charge is -2.34. The lowest BCUT2D eigenvalue weighted by molar-refractivity contribution is -0.126. The summed E-state index contributed by atoms with van der Waals surface area (Å²) in [5.41, 5.74) is 5.64. The van der Waals surface area contributed by atoms with E-state index in [0.29, 0.717) is 13.0 Å². The Morgan fingerprint density at radius 3 is 2.44 bits per heavy atom. The molecule has 0 aliphatic heterocycles. The van der Waals surface area contributed by atoms with Crippen molar-refractivity contribution in [2.24, 2.45) is 5.73 Å². The summed E-state index contributed by atoms with van der Waals surface area (Å²) in [5.74, 6) is -0.376. The Bertz CT molecular complexity index is 379. The lowest BCUT2D eigenvalue weighted by Crippen LogP contribution is -2.55. The van der Waals surface area contributed by atoms with Crippen LogP contribution in [0.2, 0.25) is 0 Å². The normalized spacial score (nSPS) is 14.4. The van der Waals surface area contributed by atoms with E-state index in [0.717, 1.165) is 5.56 Å². The van der Waals surface area contributed by atoms with Crippen LogP contribution in [0.25, 0.3) is 0 Å². The van der Waals surface area contributed by atoms with Gasteiger partial charge < -0.3 is 10.5 Å². The summed E-state index contributed by atoms with van der Waals surface area (Å²) >= 11 is 0. The van der Waals surface area contributed by atoms with Crippen LogP contribution in [0.4, 0.5) is 0 Å². The summed E-state index contributed by atoms with van der Waals surface area (Å²) in [7, 11) is 1.62. The van der Waals surface area contributed by atoms with Crippen LogP contribution in [0.15, 0.2) is 30.3 Å². The quantitative estimate of drug-likeness (QED) is 0.769. The van der Waals surface area contributed by atoms with Crippen LogP contribution in [-0.4, -0.2) is 25.7 Å². The molecule has 1 aromatic carbocycles. The fraction of sp³-hybridized carbons (Fsp3) is 0.500. The Hall–Kier alpha value is -1.39. The van der Waals surface area contributed by atoms with Crippen LogP contribution in [-0.2, 0) is 15.1 Å². The van der Waals surface area contributed by atoms with Gasteiger partial charge in [-0.25, -0.2) is 0 Å². The molecule has 3 N–H and O–H groups in total. The van der Waals surface area contributed by atoms with Gasteiger partial charge in [0.1, 0.15) is 5.54 Å². The maximum atomic E-state index is 12.0. The highest BCUT2D eigenvalue weighted by molar-refractivity contribution is 5.86. The molecular weight excluding hydrogens is 228 g/mol. The molecule has 0 saturated carbocycles. The number of hydrogen-bond donors (Lipinski definition) is 2. The maximum absolute atomic E-state index is 12.0. The molecule has 18 heavy (non-hydrogen) atoms. The van der Waals surface area contributed by atoms with Crippen molar-refractivity contribution < 1.29 is 9.53 Å². The smallest absolute Gasteiger partial charge is 0.242 e. The summed E-state index contributed by atoms with van der Waals surface area (Å²) in [6, 6.07) is 9.70. The van der Waals surface area contributed by atoms with E-state index < -0.39 is 5.54 Å². The Morgan fingerprint density at radius 1 is 1.39 bits per heavy atom. The number of rotatable bonds is 7. The van der Waals surface area contributed by atoms with Crippen LogP contribution >= 0.6 is 0 Å². The van der Waals surface area contributed by atoms with Crippen molar-refractivity contribution >= 4 is 5.91 Å². The number of carbonyl (C=O) groups is 1. The molecule has 4 nitrogen and oxygen atoms in total. The summed E-state index contributed by atoms with van der Waals surface area (Å²) in [6.07, 6.45) is 0.515. The van der Waals surface area contributed by atoms with Crippen molar-refractivity contribution in [3.05, 3.63) is 35.9 Å². The number of nitrogens with one attached hydrogen (secondary N) is 1. The molecule has 0 bridgehead atoms. The van der Waals surface area contributed by atoms with Crippen LogP contribution in [0.5, 0.6) is 0 Å². The average Bonchev–Trinajstić information content (AvgIpc) is 2.34. The Labute approximate surface area is 109 Å². The number of primary amides is 1. The third-order valence-corrected chi connectivity index (χ3v) is 2.90. The largest absolute Gasteiger partial charge is 0.385 e. The molecule has 0 heterocycles. The fourth-order valence-electron chi connectivity index (χ4n) is 2.11. The molecule has 0 saturated heterocycles. The number of carbonyl (C=O) groups excluding carboxylic acids is 1. The van der Waals surface area contributed by atoms with Crippen LogP contribution in [0, 0.1) is 0 Å². The zero-order valence-electron chi connectivity index (χ0n) is 11.3. The first-order chi connectivity index (χ1) is 8.53. The van der Waals surface area contributed by atoms with E-state index in [1.54, 1.807) is 7.11 Å². The van der Waals surface area contributed by atoms with E-state index in [9.17, 15) is 4.79 Å². The highest BCUT2D eigenvalue weighted by Crippen LogP contribution is 2.25. The minimum absolute atomic E-state index is 0.148. The van der Waals surface area contributed by atoms with E-state index in [1.165, 1.54) is 0 Å². The van der Waals surface area contributed by atoms with Crippen molar-refractivity contribution in [3.8, 4) is 0 Å². The molecule has 4 heteroatoms. The van der Waals surface area contributed by atoms with Crippen molar-refractivity contribution in [1.29, 1.82) is 0 Å². The molecule has 0 aromatic heterocycles. The molecule has 1 atom stereocenters. The maximum Gasteiger partial charge on any atom is 0.242 e. The third-order valence-electron chi connectivity index (χ3n) is 2.90. The van der Waals surface area contributed by atoms with Crippen molar-refractivity contribution in [1.82, 2.24) is 5.32 Å². The van der Waals surface area contributed by atoms with Gasteiger partial charge in [-0.1, -0.05) is 30.3 Å². The average molecular weight is 250 g/mol. The van der Waals surface area contributed by atoms with Crippen LogP contribution in [0.1, 0.15) is 25.8 Å². The topological polar surface area (TPSA) is 64.3 Å². The Morgan fingerprint density at radius 2 is 2.00 bits per heavy atom. The first kappa shape index (κ1) is 14.7. The SMILES string of the molecule is COCCC(NC(C)C)(C(N)=O)c1ccccc1. The van der Waals surface area contributed by atoms with Crippen molar-refractivity contribution in [2.45, 2.75) is 31.8 Å². The molecule has 0 radical (unpaired) electrons. The fourth-order valence-corrected chi connectivity index (χ4v) is 2.11. The molecule has 1 amide bonds. The summed E-state index contributed by atoms with van der Waals surface area (Å²) < 4.78 is 5.10. The van der Waals surface area contributed by atoms with Gasteiger partial charge in [0.25, 0.3) is 0 Å². The minimum atomic E-state index is -0.870. The second-order valence-corrected chi connectivity index (χ2v) is 4.68. The number of benzene rings is 1. The Balaban J connectivity index is 3.15. The predicted molar refractivity (Wildman–Crippen MR) is 72.1 cm³/mol. The molecule has 1 unspecified atom stereocenters. The van der Waals surface area contributed by atoms with Crippen LogP contribution < -0.4 is 11.1 Å². The van der Waals surface area contributed by atoms with E-state index >= 15 is 0 Å². The van der Waals surface area contributed by atoms with Gasteiger partial charge in [0.2, 0.25) is 5.91 Å². The lowest BCUT2D eigenvalue weighted by atomic mass is 9.85. The van der Waals surface area contributed by atoms with Crippen LogP contribution in [0.3, 0.4) is 0 Å². The van der Waals surface area contributed by atoms with E-state index in [2.05, 4.69) is 5.32 Å². The minimum Gasteiger partial charge on any atom is -0.385 e. The summed E-state index contributed by atoms with van der Waals surface area (Å²) in [6.45, 7) is 4.46. The van der Waals surface area contributed by atoms with Crippen molar-refractivity contribution in [2.75, 3.05) is 13.7 Å². The third kappa shape index (κ3) is 3.31. The second kappa shape index (κ2) is 6.52. The number of nitrogens with two attached hydrogens (primary N) is 1. The Kier molecular flexibility index (Phi) is 5.31. The molecule has 0 fully saturated rings. The molecule has 0 aliphatic rings.